The number of sulfonamides is 1. The molecule has 0 aliphatic carbocycles. The molecule has 1 unspecified atom stereocenters. The zero-order chi connectivity index (χ0) is 23.6. The number of amides is 1. The molecule has 3 heterocycles. The number of hydrogen-bond acceptors (Lipinski definition) is 6. The lowest BCUT2D eigenvalue weighted by molar-refractivity contribution is -0.128. The highest BCUT2D eigenvalue weighted by Crippen LogP contribution is 2.38. The molecule has 1 amide bonds. The number of nitrogens with one attached hydrogen (secondary N) is 1. The van der Waals surface area contributed by atoms with Gasteiger partial charge in [0.25, 0.3) is 10.0 Å². The zero-order valence-corrected chi connectivity index (χ0v) is 20.2. The van der Waals surface area contributed by atoms with Crippen molar-refractivity contribution in [3.05, 3.63) is 77.7 Å². The fourth-order valence-corrected chi connectivity index (χ4v) is 7.18. The van der Waals surface area contributed by atoms with E-state index >= 15 is 0 Å². The van der Waals surface area contributed by atoms with Crippen LogP contribution in [0.2, 0.25) is 0 Å². The fraction of sp³-hybridized carbons (Fsp3) is 0.320. The van der Waals surface area contributed by atoms with Crippen molar-refractivity contribution in [3.63, 3.8) is 0 Å². The second kappa shape index (κ2) is 9.40. The van der Waals surface area contributed by atoms with Crippen LogP contribution < -0.4 is 14.8 Å². The van der Waals surface area contributed by atoms with E-state index in [9.17, 15) is 13.2 Å². The van der Waals surface area contributed by atoms with E-state index in [0.717, 1.165) is 5.56 Å². The maximum atomic E-state index is 13.6. The van der Waals surface area contributed by atoms with Gasteiger partial charge in [-0.15, -0.1) is 11.3 Å². The Labute approximate surface area is 203 Å². The lowest BCUT2D eigenvalue weighted by atomic mass is 9.72. The summed E-state index contributed by atoms with van der Waals surface area (Å²) < 4.78 is 39.6. The predicted octanol–water partition coefficient (Wildman–Crippen LogP) is 3.43. The van der Waals surface area contributed by atoms with Crippen LogP contribution >= 0.6 is 11.3 Å². The van der Waals surface area contributed by atoms with Gasteiger partial charge in [0, 0.05) is 13.1 Å². The highest BCUT2D eigenvalue weighted by atomic mass is 32.2. The van der Waals surface area contributed by atoms with Crippen LogP contribution in [0.15, 0.2) is 76.3 Å². The number of hydrogen-bond donors (Lipinski definition) is 1. The molecule has 7 nitrogen and oxygen atoms in total. The van der Waals surface area contributed by atoms with Gasteiger partial charge in [-0.3, -0.25) is 4.79 Å². The predicted molar refractivity (Wildman–Crippen MR) is 130 cm³/mol. The van der Waals surface area contributed by atoms with Crippen LogP contribution in [0.5, 0.6) is 11.5 Å². The molecule has 1 aromatic heterocycles. The number of piperidine rings is 1. The highest BCUT2D eigenvalue weighted by Gasteiger charge is 2.45. The lowest BCUT2D eigenvalue weighted by Gasteiger charge is -2.40. The molecular weight excluding hydrogens is 472 g/mol. The van der Waals surface area contributed by atoms with Crippen molar-refractivity contribution in [2.75, 3.05) is 26.2 Å². The molecule has 0 radical (unpaired) electrons. The van der Waals surface area contributed by atoms with Crippen molar-refractivity contribution in [1.29, 1.82) is 0 Å². The van der Waals surface area contributed by atoms with Crippen molar-refractivity contribution < 1.29 is 22.7 Å². The van der Waals surface area contributed by atoms with Crippen LogP contribution in [0.1, 0.15) is 18.4 Å². The molecule has 2 aliphatic rings. The van der Waals surface area contributed by atoms with E-state index < -0.39 is 15.4 Å². The van der Waals surface area contributed by atoms with Crippen LogP contribution in [0.3, 0.4) is 0 Å². The van der Waals surface area contributed by atoms with Crippen molar-refractivity contribution >= 4 is 27.3 Å². The van der Waals surface area contributed by atoms with Gasteiger partial charge >= 0.3 is 0 Å². The molecule has 1 N–H and O–H groups in total. The molecule has 0 bridgehead atoms. The molecule has 1 atom stereocenters. The Bertz CT molecular complexity index is 1240. The quantitative estimate of drug-likeness (QED) is 0.563. The minimum atomic E-state index is -3.55. The van der Waals surface area contributed by atoms with Crippen molar-refractivity contribution in [3.8, 4) is 11.5 Å². The zero-order valence-electron chi connectivity index (χ0n) is 18.6. The second-order valence-corrected chi connectivity index (χ2v) is 11.6. The van der Waals surface area contributed by atoms with E-state index in [2.05, 4.69) is 5.32 Å². The summed E-state index contributed by atoms with van der Waals surface area (Å²) in [5, 5.41) is 4.82. The third-order valence-corrected chi connectivity index (χ3v) is 9.76. The first-order valence-electron chi connectivity index (χ1n) is 11.2. The van der Waals surface area contributed by atoms with E-state index in [1.54, 1.807) is 17.5 Å². The van der Waals surface area contributed by atoms with Crippen molar-refractivity contribution in [2.45, 2.75) is 28.6 Å². The number of benzene rings is 2. The normalized spacial score (nSPS) is 19.9. The molecule has 5 rings (SSSR count). The van der Waals surface area contributed by atoms with Gasteiger partial charge in [0.2, 0.25) is 5.91 Å². The molecule has 2 aliphatic heterocycles. The van der Waals surface area contributed by atoms with E-state index in [1.165, 1.54) is 15.6 Å². The molecule has 34 heavy (non-hydrogen) atoms. The van der Waals surface area contributed by atoms with Crippen molar-refractivity contribution in [2.24, 2.45) is 0 Å². The number of carbonyl (C=O) groups excluding carboxylic acids is 1. The molecule has 2 aromatic carbocycles. The van der Waals surface area contributed by atoms with Gasteiger partial charge in [0.15, 0.2) is 11.5 Å². The molecule has 9 heteroatoms. The first-order chi connectivity index (χ1) is 16.5. The summed E-state index contributed by atoms with van der Waals surface area (Å²) in [6.07, 6.45) is 0.502. The number of ether oxygens (including phenoxy) is 2. The third-order valence-electron chi connectivity index (χ3n) is 6.48. The van der Waals surface area contributed by atoms with E-state index in [0.29, 0.717) is 41.7 Å². The number of nitrogens with zero attached hydrogens (tertiary/aromatic N) is 1. The summed E-state index contributed by atoms with van der Waals surface area (Å²) in [4.78, 5) is 13.6. The Balaban J connectivity index is 1.31. The van der Waals surface area contributed by atoms with Gasteiger partial charge in [-0.1, -0.05) is 48.5 Å². The van der Waals surface area contributed by atoms with Gasteiger partial charge in [-0.25, -0.2) is 8.42 Å². The monoisotopic (exact) mass is 498 g/mol. The summed E-state index contributed by atoms with van der Waals surface area (Å²) in [5.74, 6) is 1.25. The molecular formula is C25H26N2O5S2. The summed E-state index contributed by atoms with van der Waals surface area (Å²) in [7, 11) is -3.55. The Morgan fingerprint density at radius 1 is 1.00 bits per heavy atom. The smallest absolute Gasteiger partial charge is 0.252 e. The minimum Gasteiger partial charge on any atom is -0.486 e. The Morgan fingerprint density at radius 3 is 2.41 bits per heavy atom. The Morgan fingerprint density at radius 2 is 1.71 bits per heavy atom. The van der Waals surface area contributed by atoms with Gasteiger partial charge in [-0.05, 0) is 42.0 Å². The maximum absolute atomic E-state index is 13.6. The minimum absolute atomic E-state index is 0.116. The largest absolute Gasteiger partial charge is 0.486 e. The molecule has 0 saturated carbocycles. The number of fused-ring (bicyclic) bond motifs is 1. The number of para-hydroxylation sites is 2. The number of thiophene rings is 1. The molecule has 3 aromatic rings. The molecule has 178 valence electrons. The standard InChI is InChI=1S/C25H26N2O5S2/c28-24(26-17-20-18-31-21-9-4-5-10-22(21)32-20)25(19-7-2-1-3-8-19)12-14-27(15-13-25)34(29,30)23-11-6-16-33-23/h1-11,16,20H,12-15,17-18H2,(H,26,28). The third kappa shape index (κ3) is 4.31. The Hall–Kier alpha value is -2.88. The highest BCUT2D eigenvalue weighted by molar-refractivity contribution is 7.91. The average Bonchev–Trinajstić information content (AvgIpc) is 3.44. The summed E-state index contributed by atoms with van der Waals surface area (Å²) >= 11 is 1.21. The lowest BCUT2D eigenvalue weighted by Crippen LogP contribution is -2.54. The van der Waals surface area contributed by atoms with E-state index in [4.69, 9.17) is 9.47 Å². The Kier molecular flexibility index (Phi) is 6.33. The first-order valence-corrected chi connectivity index (χ1v) is 13.6. The van der Waals surface area contributed by atoms with Crippen LogP contribution in [0.25, 0.3) is 0 Å². The van der Waals surface area contributed by atoms with Gasteiger partial charge in [0.1, 0.15) is 16.9 Å². The first kappa shape index (κ1) is 22.9. The average molecular weight is 499 g/mol. The van der Waals surface area contributed by atoms with Gasteiger partial charge in [0.05, 0.1) is 12.0 Å². The van der Waals surface area contributed by atoms with Crippen LogP contribution in [-0.2, 0) is 20.2 Å². The van der Waals surface area contributed by atoms with E-state index in [-0.39, 0.29) is 25.1 Å². The summed E-state index contributed by atoms with van der Waals surface area (Å²) in [6, 6.07) is 20.4. The SMILES string of the molecule is O=C(NCC1COc2ccccc2O1)C1(c2ccccc2)CCN(S(=O)(=O)c2cccs2)CC1. The van der Waals surface area contributed by atoms with Crippen LogP contribution in [0.4, 0.5) is 0 Å². The van der Waals surface area contributed by atoms with E-state index in [1.807, 2.05) is 54.6 Å². The maximum Gasteiger partial charge on any atom is 0.252 e. The second-order valence-electron chi connectivity index (χ2n) is 8.49. The molecule has 0 spiro atoms. The van der Waals surface area contributed by atoms with Crippen LogP contribution in [-0.4, -0.2) is 51.0 Å². The van der Waals surface area contributed by atoms with Gasteiger partial charge < -0.3 is 14.8 Å². The summed E-state index contributed by atoms with van der Waals surface area (Å²) in [5.41, 5.74) is 0.0858. The molecule has 1 fully saturated rings. The van der Waals surface area contributed by atoms with Gasteiger partial charge in [-0.2, -0.15) is 4.31 Å². The fourth-order valence-electron chi connectivity index (χ4n) is 4.59. The molecule has 1 saturated heterocycles. The summed E-state index contributed by atoms with van der Waals surface area (Å²) in [6.45, 7) is 1.21. The van der Waals surface area contributed by atoms with Crippen LogP contribution in [0, 0.1) is 0 Å². The van der Waals surface area contributed by atoms with Crippen molar-refractivity contribution in [1.82, 2.24) is 9.62 Å². The topological polar surface area (TPSA) is 84.9 Å². The number of carbonyl (C=O) groups is 1. The number of rotatable bonds is 6.